The topological polar surface area (TPSA) is 32.3 Å². The molecule has 1 saturated heterocycles. The first kappa shape index (κ1) is 12.6. The third-order valence-corrected chi connectivity index (χ3v) is 3.80. The maximum Gasteiger partial charge on any atom is 0.222 e. The summed E-state index contributed by atoms with van der Waals surface area (Å²) < 4.78 is 0. The van der Waals surface area contributed by atoms with Crippen LogP contribution in [0.5, 0.6) is 0 Å². The highest BCUT2D eigenvalue weighted by Crippen LogP contribution is 2.17. The molecule has 2 aliphatic rings. The van der Waals surface area contributed by atoms with Crippen molar-refractivity contribution < 1.29 is 4.79 Å². The molecule has 0 aromatic rings. The first-order chi connectivity index (χ1) is 8.25. The standard InChI is InChI=1S/C14H24N2O/c1-12(11-16-9-5-8-14(16)17)15-10-13-6-3-2-4-7-13/h2-3,12-13,15H,4-11H2,1H3. The van der Waals surface area contributed by atoms with E-state index in [1.165, 1.54) is 19.3 Å². The van der Waals surface area contributed by atoms with Crippen molar-refractivity contribution in [2.24, 2.45) is 5.92 Å². The molecule has 2 atom stereocenters. The molecular formula is C14H24N2O. The third kappa shape index (κ3) is 3.84. The third-order valence-electron chi connectivity index (χ3n) is 3.80. The first-order valence-corrected chi connectivity index (χ1v) is 6.92. The fourth-order valence-corrected chi connectivity index (χ4v) is 2.70. The largest absolute Gasteiger partial charge is 0.341 e. The monoisotopic (exact) mass is 236 g/mol. The number of nitrogens with one attached hydrogen (secondary N) is 1. The Morgan fingerprint density at radius 1 is 1.53 bits per heavy atom. The van der Waals surface area contributed by atoms with E-state index < -0.39 is 0 Å². The number of amides is 1. The van der Waals surface area contributed by atoms with Gasteiger partial charge in [-0.15, -0.1) is 0 Å². The lowest BCUT2D eigenvalue weighted by atomic mass is 9.94. The predicted octanol–water partition coefficient (Wildman–Crippen LogP) is 1.94. The van der Waals surface area contributed by atoms with E-state index in [0.29, 0.717) is 11.9 Å². The average molecular weight is 236 g/mol. The van der Waals surface area contributed by atoms with E-state index in [4.69, 9.17) is 0 Å². The van der Waals surface area contributed by atoms with Crippen LogP contribution in [0.4, 0.5) is 0 Å². The van der Waals surface area contributed by atoms with Crippen molar-refractivity contribution in [2.45, 2.75) is 45.1 Å². The van der Waals surface area contributed by atoms with E-state index in [9.17, 15) is 4.79 Å². The molecule has 3 nitrogen and oxygen atoms in total. The zero-order chi connectivity index (χ0) is 12.1. The second-order valence-electron chi connectivity index (χ2n) is 5.40. The van der Waals surface area contributed by atoms with Crippen LogP contribution < -0.4 is 5.32 Å². The normalized spacial score (nSPS) is 26.5. The summed E-state index contributed by atoms with van der Waals surface area (Å²) in [6.45, 7) is 5.11. The Hall–Kier alpha value is -0.830. The number of allylic oxidation sites excluding steroid dienone is 2. The Balaban J connectivity index is 1.64. The fourth-order valence-electron chi connectivity index (χ4n) is 2.70. The van der Waals surface area contributed by atoms with Crippen LogP contribution in [0, 0.1) is 5.92 Å². The minimum Gasteiger partial charge on any atom is -0.341 e. The zero-order valence-corrected chi connectivity index (χ0v) is 10.8. The number of rotatable bonds is 5. The van der Waals surface area contributed by atoms with Gasteiger partial charge in [0.25, 0.3) is 0 Å². The Morgan fingerprint density at radius 2 is 2.41 bits per heavy atom. The SMILES string of the molecule is CC(CN1CCCC1=O)NCC1CC=CCC1. The van der Waals surface area contributed by atoms with E-state index in [1.807, 2.05) is 4.90 Å². The number of carbonyl (C=O) groups is 1. The van der Waals surface area contributed by atoms with Crippen molar-refractivity contribution in [3.8, 4) is 0 Å². The molecule has 0 saturated carbocycles. The fraction of sp³-hybridized carbons (Fsp3) is 0.786. The van der Waals surface area contributed by atoms with Crippen LogP contribution in [0.2, 0.25) is 0 Å². The van der Waals surface area contributed by atoms with Crippen LogP contribution in [-0.4, -0.2) is 36.5 Å². The van der Waals surface area contributed by atoms with E-state index in [-0.39, 0.29) is 0 Å². The lowest BCUT2D eigenvalue weighted by Gasteiger charge is -2.25. The highest BCUT2D eigenvalue weighted by atomic mass is 16.2. The molecule has 1 heterocycles. The van der Waals surface area contributed by atoms with Gasteiger partial charge in [-0.3, -0.25) is 4.79 Å². The number of hydrogen-bond donors (Lipinski definition) is 1. The van der Waals surface area contributed by atoms with Gasteiger partial charge >= 0.3 is 0 Å². The van der Waals surface area contributed by atoms with E-state index >= 15 is 0 Å². The molecule has 0 bridgehead atoms. The van der Waals surface area contributed by atoms with Gasteiger partial charge in [0.05, 0.1) is 0 Å². The van der Waals surface area contributed by atoms with Gasteiger partial charge in [0.2, 0.25) is 5.91 Å². The smallest absolute Gasteiger partial charge is 0.222 e. The molecular weight excluding hydrogens is 212 g/mol. The second-order valence-corrected chi connectivity index (χ2v) is 5.40. The molecule has 96 valence electrons. The van der Waals surface area contributed by atoms with Gasteiger partial charge in [0, 0.05) is 25.6 Å². The number of carbonyl (C=O) groups excluding carboxylic acids is 1. The number of hydrogen-bond acceptors (Lipinski definition) is 2. The van der Waals surface area contributed by atoms with Gasteiger partial charge in [-0.2, -0.15) is 0 Å². The van der Waals surface area contributed by atoms with Crippen molar-refractivity contribution in [1.82, 2.24) is 10.2 Å². The Morgan fingerprint density at radius 3 is 3.06 bits per heavy atom. The summed E-state index contributed by atoms with van der Waals surface area (Å²) in [4.78, 5) is 13.5. The molecule has 2 rings (SSSR count). The van der Waals surface area contributed by atoms with E-state index in [0.717, 1.165) is 38.4 Å². The summed E-state index contributed by atoms with van der Waals surface area (Å²) in [5.74, 6) is 1.12. The summed E-state index contributed by atoms with van der Waals surface area (Å²) in [6, 6.07) is 0.419. The summed E-state index contributed by atoms with van der Waals surface area (Å²) in [7, 11) is 0. The molecule has 17 heavy (non-hydrogen) atoms. The minimum atomic E-state index is 0.333. The van der Waals surface area contributed by atoms with Crippen LogP contribution >= 0.6 is 0 Å². The average Bonchev–Trinajstić information content (AvgIpc) is 2.74. The van der Waals surface area contributed by atoms with Crippen LogP contribution in [0.25, 0.3) is 0 Å². The van der Waals surface area contributed by atoms with Crippen molar-refractivity contribution in [3.63, 3.8) is 0 Å². The maximum atomic E-state index is 11.5. The van der Waals surface area contributed by atoms with Gasteiger partial charge in [-0.1, -0.05) is 12.2 Å². The molecule has 0 spiro atoms. The second kappa shape index (κ2) is 6.20. The zero-order valence-electron chi connectivity index (χ0n) is 10.8. The van der Waals surface area contributed by atoms with Gasteiger partial charge in [0.1, 0.15) is 0 Å². The molecule has 2 unspecified atom stereocenters. The molecule has 0 aromatic heterocycles. The van der Waals surface area contributed by atoms with Crippen LogP contribution in [0.3, 0.4) is 0 Å². The highest BCUT2D eigenvalue weighted by Gasteiger charge is 2.21. The molecule has 1 aliphatic carbocycles. The summed E-state index contributed by atoms with van der Waals surface area (Å²) in [6.07, 6.45) is 10.1. The number of likely N-dealkylation sites (tertiary alicyclic amines) is 1. The minimum absolute atomic E-state index is 0.333. The molecule has 0 aromatic carbocycles. The summed E-state index contributed by atoms with van der Waals surface area (Å²) >= 11 is 0. The van der Waals surface area contributed by atoms with Gasteiger partial charge in [0.15, 0.2) is 0 Å². The Kier molecular flexibility index (Phi) is 4.60. The Labute approximate surface area is 104 Å². The highest BCUT2D eigenvalue weighted by molar-refractivity contribution is 5.78. The maximum absolute atomic E-state index is 11.5. The van der Waals surface area contributed by atoms with Crippen molar-refractivity contribution in [2.75, 3.05) is 19.6 Å². The molecule has 1 fully saturated rings. The van der Waals surface area contributed by atoms with Gasteiger partial charge in [-0.05, 0) is 45.1 Å². The molecule has 0 radical (unpaired) electrons. The van der Waals surface area contributed by atoms with Crippen molar-refractivity contribution >= 4 is 5.91 Å². The van der Waals surface area contributed by atoms with Crippen LogP contribution in [0.1, 0.15) is 39.0 Å². The Bertz CT molecular complexity index is 288. The first-order valence-electron chi connectivity index (χ1n) is 6.92. The van der Waals surface area contributed by atoms with Crippen LogP contribution in [0.15, 0.2) is 12.2 Å². The number of nitrogens with zero attached hydrogens (tertiary/aromatic N) is 1. The van der Waals surface area contributed by atoms with E-state index in [1.54, 1.807) is 0 Å². The summed E-state index contributed by atoms with van der Waals surface area (Å²) in [5.41, 5.74) is 0. The van der Waals surface area contributed by atoms with Crippen molar-refractivity contribution in [1.29, 1.82) is 0 Å². The quantitative estimate of drug-likeness (QED) is 0.740. The predicted molar refractivity (Wildman–Crippen MR) is 69.8 cm³/mol. The van der Waals surface area contributed by atoms with Crippen molar-refractivity contribution in [3.05, 3.63) is 12.2 Å². The summed E-state index contributed by atoms with van der Waals surface area (Å²) in [5, 5.41) is 3.57. The lowest BCUT2D eigenvalue weighted by Crippen LogP contribution is -2.41. The molecule has 1 N–H and O–H groups in total. The molecule has 1 amide bonds. The molecule has 3 heteroatoms. The van der Waals surface area contributed by atoms with Gasteiger partial charge < -0.3 is 10.2 Å². The lowest BCUT2D eigenvalue weighted by molar-refractivity contribution is -0.127. The van der Waals surface area contributed by atoms with Crippen LogP contribution in [-0.2, 0) is 4.79 Å². The van der Waals surface area contributed by atoms with E-state index in [2.05, 4.69) is 24.4 Å². The van der Waals surface area contributed by atoms with Gasteiger partial charge in [-0.25, -0.2) is 0 Å². The molecule has 1 aliphatic heterocycles.